The number of anilines is 2. The molecule has 1 rings (SSSR count). The molecular formula is C7H6ClF3N2S. The van der Waals surface area contributed by atoms with Crippen molar-refractivity contribution in [2.24, 2.45) is 0 Å². The summed E-state index contributed by atoms with van der Waals surface area (Å²) in [7, 11) is 0. The molecule has 78 valence electrons. The van der Waals surface area contributed by atoms with Crippen molar-refractivity contribution >= 4 is 35.8 Å². The first kappa shape index (κ1) is 11.3. The molecule has 0 amide bonds. The van der Waals surface area contributed by atoms with E-state index in [0.29, 0.717) is 0 Å². The van der Waals surface area contributed by atoms with Crippen LogP contribution in [0.3, 0.4) is 0 Å². The minimum absolute atomic E-state index is 0.0974. The van der Waals surface area contributed by atoms with Gasteiger partial charge < -0.3 is 10.5 Å². The molecule has 0 bridgehead atoms. The van der Waals surface area contributed by atoms with Gasteiger partial charge in [0.05, 0.1) is 22.0 Å². The van der Waals surface area contributed by atoms with Gasteiger partial charge in [-0.3, -0.25) is 0 Å². The summed E-state index contributed by atoms with van der Waals surface area (Å²) in [6.45, 7) is 0. The van der Waals surface area contributed by atoms with Crippen LogP contribution >= 0.6 is 24.4 Å². The van der Waals surface area contributed by atoms with E-state index < -0.39 is 11.7 Å². The molecule has 0 spiro atoms. The molecule has 0 atom stereocenters. The molecule has 0 fully saturated rings. The number of nitrogens with two attached hydrogens (primary N) is 1. The van der Waals surface area contributed by atoms with Gasteiger partial charge in [-0.15, -0.1) is 0 Å². The van der Waals surface area contributed by atoms with Gasteiger partial charge in [-0.2, -0.15) is 13.2 Å². The zero-order chi connectivity index (χ0) is 10.9. The molecule has 7 heteroatoms. The first-order valence-electron chi connectivity index (χ1n) is 3.42. The van der Waals surface area contributed by atoms with Gasteiger partial charge in [0.2, 0.25) is 0 Å². The van der Waals surface area contributed by atoms with E-state index in [2.05, 4.69) is 17.5 Å². The van der Waals surface area contributed by atoms with Crippen LogP contribution in [0, 0.1) is 0 Å². The summed E-state index contributed by atoms with van der Waals surface area (Å²) in [5.74, 6) is 0. The minimum atomic E-state index is -4.45. The topological polar surface area (TPSA) is 38.0 Å². The molecule has 0 heterocycles. The van der Waals surface area contributed by atoms with E-state index in [4.69, 9.17) is 17.3 Å². The zero-order valence-corrected chi connectivity index (χ0v) is 8.34. The number of halogens is 4. The lowest BCUT2D eigenvalue weighted by atomic mass is 10.1. The summed E-state index contributed by atoms with van der Waals surface area (Å²) in [5, 5.41) is -0.118. The number of thiol groups is 1. The van der Waals surface area contributed by atoms with Crippen LogP contribution in [0.5, 0.6) is 0 Å². The number of rotatable bonds is 1. The second-order valence-electron chi connectivity index (χ2n) is 2.53. The average molecular weight is 243 g/mol. The van der Waals surface area contributed by atoms with Crippen molar-refractivity contribution in [3.8, 4) is 0 Å². The van der Waals surface area contributed by atoms with Crippen molar-refractivity contribution in [1.82, 2.24) is 0 Å². The molecule has 2 nitrogen and oxygen atoms in total. The lowest BCUT2D eigenvalue weighted by Gasteiger charge is -2.11. The molecule has 0 aliphatic heterocycles. The summed E-state index contributed by atoms with van der Waals surface area (Å²) >= 11 is 9.21. The van der Waals surface area contributed by atoms with Crippen LogP contribution in [0.25, 0.3) is 0 Å². The van der Waals surface area contributed by atoms with E-state index in [0.717, 1.165) is 12.1 Å². The average Bonchev–Trinajstić information content (AvgIpc) is 2.01. The van der Waals surface area contributed by atoms with Crippen molar-refractivity contribution in [2.45, 2.75) is 6.18 Å². The molecule has 3 N–H and O–H groups in total. The monoisotopic (exact) mass is 242 g/mol. The predicted molar refractivity (Wildman–Crippen MR) is 53.5 cm³/mol. The second-order valence-corrected chi connectivity index (χ2v) is 3.16. The molecule has 0 aliphatic carbocycles. The van der Waals surface area contributed by atoms with Crippen LogP contribution in [-0.2, 0) is 6.18 Å². The SMILES string of the molecule is Nc1cc(C(F)(F)F)cc(Cl)c1NS. The highest BCUT2D eigenvalue weighted by Crippen LogP contribution is 2.37. The summed E-state index contributed by atoms with van der Waals surface area (Å²) in [4.78, 5) is 0. The zero-order valence-electron chi connectivity index (χ0n) is 6.69. The summed E-state index contributed by atoms with van der Waals surface area (Å²) < 4.78 is 39.0. The first-order chi connectivity index (χ1) is 6.36. The molecule has 1 aromatic rings. The van der Waals surface area contributed by atoms with Crippen LogP contribution < -0.4 is 10.5 Å². The Morgan fingerprint density at radius 1 is 1.36 bits per heavy atom. The van der Waals surface area contributed by atoms with Crippen LogP contribution in [-0.4, -0.2) is 0 Å². The maximum atomic E-state index is 12.2. The van der Waals surface area contributed by atoms with Crippen molar-refractivity contribution in [3.05, 3.63) is 22.7 Å². The van der Waals surface area contributed by atoms with E-state index in [1.807, 2.05) is 0 Å². The first-order valence-corrected chi connectivity index (χ1v) is 4.25. The number of hydrogen-bond acceptors (Lipinski definition) is 3. The predicted octanol–water partition coefficient (Wildman–Crippen LogP) is 3.20. The third-order valence-electron chi connectivity index (χ3n) is 1.56. The summed E-state index contributed by atoms with van der Waals surface area (Å²) in [6, 6.07) is 1.58. The van der Waals surface area contributed by atoms with Crippen LogP contribution in [0.15, 0.2) is 12.1 Å². The van der Waals surface area contributed by atoms with Gasteiger partial charge in [-0.1, -0.05) is 24.4 Å². The van der Waals surface area contributed by atoms with Gasteiger partial charge in [0.1, 0.15) is 0 Å². The normalized spacial score (nSPS) is 11.5. The van der Waals surface area contributed by atoms with Crippen LogP contribution in [0.2, 0.25) is 5.02 Å². The second kappa shape index (κ2) is 3.78. The standard InChI is InChI=1S/C7H6ClF3N2S/c8-4-1-3(7(9,10)11)2-5(12)6(4)13-14/h1-2,13-14H,12H2. The van der Waals surface area contributed by atoms with Crippen LogP contribution in [0.4, 0.5) is 24.5 Å². The fraction of sp³-hybridized carbons (Fsp3) is 0.143. The smallest absolute Gasteiger partial charge is 0.397 e. The maximum Gasteiger partial charge on any atom is 0.416 e. The Balaban J connectivity index is 3.28. The Bertz CT molecular complexity index is 330. The number of nitrogens with one attached hydrogen (secondary N) is 1. The lowest BCUT2D eigenvalue weighted by Crippen LogP contribution is -2.06. The van der Waals surface area contributed by atoms with Crippen molar-refractivity contribution in [2.75, 3.05) is 10.5 Å². The van der Waals surface area contributed by atoms with Crippen molar-refractivity contribution in [3.63, 3.8) is 0 Å². The Hall–Kier alpha value is -0.750. The quantitative estimate of drug-likeness (QED) is 0.523. The number of nitrogen functional groups attached to an aromatic ring is 1. The van der Waals surface area contributed by atoms with Gasteiger partial charge in [0.15, 0.2) is 0 Å². The Kier molecular flexibility index (Phi) is 3.06. The molecule has 0 radical (unpaired) electrons. The molecule has 14 heavy (non-hydrogen) atoms. The number of hydrogen-bond donors (Lipinski definition) is 3. The Labute approximate surface area is 88.8 Å². The highest BCUT2D eigenvalue weighted by Gasteiger charge is 2.31. The molecule has 0 saturated carbocycles. The maximum absolute atomic E-state index is 12.2. The van der Waals surface area contributed by atoms with E-state index >= 15 is 0 Å². The van der Waals surface area contributed by atoms with Crippen LogP contribution in [0.1, 0.15) is 5.56 Å². The van der Waals surface area contributed by atoms with E-state index in [1.54, 1.807) is 0 Å². The third kappa shape index (κ3) is 2.19. The fourth-order valence-corrected chi connectivity index (χ4v) is 1.50. The Morgan fingerprint density at radius 2 is 1.93 bits per heavy atom. The molecule has 0 aliphatic rings. The van der Waals surface area contributed by atoms with E-state index in [9.17, 15) is 13.2 Å². The summed E-state index contributed by atoms with van der Waals surface area (Å²) in [6.07, 6.45) is -4.45. The molecular weight excluding hydrogens is 237 g/mol. The van der Waals surface area contributed by atoms with E-state index in [-0.39, 0.29) is 16.4 Å². The van der Waals surface area contributed by atoms with Crippen molar-refractivity contribution < 1.29 is 13.2 Å². The fourth-order valence-electron chi connectivity index (χ4n) is 0.910. The van der Waals surface area contributed by atoms with Gasteiger partial charge in [0.25, 0.3) is 0 Å². The number of alkyl halides is 3. The molecule has 0 saturated heterocycles. The highest BCUT2D eigenvalue weighted by molar-refractivity contribution is 7.81. The largest absolute Gasteiger partial charge is 0.416 e. The minimum Gasteiger partial charge on any atom is -0.397 e. The number of benzene rings is 1. The Morgan fingerprint density at radius 3 is 2.29 bits per heavy atom. The van der Waals surface area contributed by atoms with Gasteiger partial charge in [-0.05, 0) is 12.1 Å². The molecule has 0 unspecified atom stereocenters. The summed E-state index contributed by atoms with van der Waals surface area (Å²) in [5.41, 5.74) is 4.52. The van der Waals surface area contributed by atoms with Gasteiger partial charge >= 0.3 is 6.18 Å². The van der Waals surface area contributed by atoms with E-state index in [1.165, 1.54) is 0 Å². The highest BCUT2D eigenvalue weighted by atomic mass is 35.5. The third-order valence-corrected chi connectivity index (χ3v) is 2.08. The lowest BCUT2D eigenvalue weighted by molar-refractivity contribution is -0.137. The molecule has 1 aromatic carbocycles. The van der Waals surface area contributed by atoms with Gasteiger partial charge in [-0.25, -0.2) is 0 Å². The van der Waals surface area contributed by atoms with Gasteiger partial charge in [0, 0.05) is 0 Å². The molecule has 0 aromatic heterocycles. The van der Waals surface area contributed by atoms with Crippen molar-refractivity contribution in [1.29, 1.82) is 0 Å².